The van der Waals surface area contributed by atoms with Crippen LogP contribution in [0, 0.1) is 29.6 Å². The molecule has 0 aromatic heterocycles. The summed E-state index contributed by atoms with van der Waals surface area (Å²) in [5, 5.41) is 0. The van der Waals surface area contributed by atoms with Gasteiger partial charge in [-0.05, 0) is 62.2 Å². The molecule has 20 heavy (non-hydrogen) atoms. The minimum Gasteiger partial charge on any atom is -0.462 e. The molecule has 3 atom stereocenters. The highest BCUT2D eigenvalue weighted by atomic mass is 16.5. The molecule has 116 valence electrons. The van der Waals surface area contributed by atoms with Crippen molar-refractivity contribution in [2.24, 2.45) is 29.6 Å². The molecule has 2 fully saturated rings. The predicted octanol–water partition coefficient (Wildman–Crippen LogP) is 4.82. The minimum atomic E-state index is 0.0985. The molecule has 0 spiro atoms. The first-order valence-corrected chi connectivity index (χ1v) is 8.70. The Labute approximate surface area is 124 Å². The first-order valence-electron chi connectivity index (χ1n) is 8.70. The van der Waals surface area contributed by atoms with Gasteiger partial charge in [-0.3, -0.25) is 4.79 Å². The minimum absolute atomic E-state index is 0.0985. The lowest BCUT2D eigenvalue weighted by molar-refractivity contribution is -0.160. The number of fused-ring (bicyclic) bond motifs is 2. The number of carbonyl (C=O) groups is 1. The lowest BCUT2D eigenvalue weighted by Gasteiger charge is -2.41. The van der Waals surface area contributed by atoms with Crippen molar-refractivity contribution in [2.45, 2.75) is 78.7 Å². The summed E-state index contributed by atoms with van der Waals surface area (Å²) in [6.45, 7) is 8.85. The van der Waals surface area contributed by atoms with Gasteiger partial charge >= 0.3 is 5.97 Å². The maximum atomic E-state index is 12.5. The molecule has 3 unspecified atom stereocenters. The van der Waals surface area contributed by atoms with Gasteiger partial charge in [0, 0.05) is 0 Å². The van der Waals surface area contributed by atoms with Crippen molar-refractivity contribution < 1.29 is 9.53 Å². The van der Waals surface area contributed by atoms with Crippen LogP contribution in [0.4, 0.5) is 0 Å². The van der Waals surface area contributed by atoms with E-state index in [4.69, 9.17) is 4.74 Å². The molecule has 2 nitrogen and oxygen atoms in total. The third kappa shape index (κ3) is 3.99. The lowest BCUT2D eigenvalue weighted by atomic mass is 9.65. The van der Waals surface area contributed by atoms with E-state index in [-0.39, 0.29) is 18.0 Å². The zero-order chi connectivity index (χ0) is 14.7. The van der Waals surface area contributed by atoms with Crippen LogP contribution in [-0.4, -0.2) is 12.1 Å². The Balaban J connectivity index is 1.89. The van der Waals surface area contributed by atoms with Crippen LogP contribution in [0.3, 0.4) is 0 Å². The highest BCUT2D eigenvalue weighted by molar-refractivity contribution is 5.72. The molecular weight excluding hydrogens is 248 g/mol. The van der Waals surface area contributed by atoms with E-state index in [0.29, 0.717) is 5.92 Å². The van der Waals surface area contributed by atoms with Crippen molar-refractivity contribution in [3.05, 3.63) is 0 Å². The van der Waals surface area contributed by atoms with Crippen LogP contribution in [0.1, 0.15) is 72.6 Å². The zero-order valence-electron chi connectivity index (χ0n) is 13.7. The van der Waals surface area contributed by atoms with Crippen molar-refractivity contribution in [3.8, 4) is 0 Å². The molecule has 0 amide bonds. The summed E-state index contributed by atoms with van der Waals surface area (Å²) in [6, 6.07) is 0. The summed E-state index contributed by atoms with van der Waals surface area (Å²) in [4.78, 5) is 12.5. The predicted molar refractivity (Wildman–Crippen MR) is 82.3 cm³/mol. The Morgan fingerprint density at radius 1 is 1.10 bits per heavy atom. The van der Waals surface area contributed by atoms with Crippen LogP contribution in [0.5, 0.6) is 0 Å². The van der Waals surface area contributed by atoms with Crippen LogP contribution in [0.25, 0.3) is 0 Å². The van der Waals surface area contributed by atoms with Gasteiger partial charge in [0.25, 0.3) is 0 Å². The molecule has 2 aliphatic carbocycles. The van der Waals surface area contributed by atoms with Gasteiger partial charge in [0.15, 0.2) is 0 Å². The Hall–Kier alpha value is -0.530. The largest absolute Gasteiger partial charge is 0.462 e. The van der Waals surface area contributed by atoms with Crippen LogP contribution in [0.2, 0.25) is 0 Å². The van der Waals surface area contributed by atoms with E-state index in [0.717, 1.165) is 43.4 Å². The van der Waals surface area contributed by atoms with E-state index in [9.17, 15) is 4.79 Å². The highest BCUT2D eigenvalue weighted by Gasteiger charge is 2.38. The second-order valence-corrected chi connectivity index (χ2v) is 7.72. The normalized spacial score (nSPS) is 34.9. The number of ether oxygens (including phenoxy) is 1. The second-order valence-electron chi connectivity index (χ2n) is 7.72. The Bertz CT molecular complexity index is 305. The molecule has 2 rings (SSSR count). The number of esters is 1. The van der Waals surface area contributed by atoms with Gasteiger partial charge in [-0.2, -0.15) is 0 Å². The van der Waals surface area contributed by atoms with Gasteiger partial charge in [-0.25, -0.2) is 0 Å². The van der Waals surface area contributed by atoms with Crippen molar-refractivity contribution in [1.82, 2.24) is 0 Å². The van der Waals surface area contributed by atoms with E-state index in [1.54, 1.807) is 0 Å². The van der Waals surface area contributed by atoms with E-state index in [2.05, 4.69) is 27.7 Å². The molecule has 0 aromatic rings. The molecule has 0 saturated heterocycles. The molecular formula is C18H32O2. The average molecular weight is 280 g/mol. The van der Waals surface area contributed by atoms with Gasteiger partial charge in [0.05, 0.1) is 5.92 Å². The average Bonchev–Trinajstić information content (AvgIpc) is 2.36. The first kappa shape index (κ1) is 15.9. The Morgan fingerprint density at radius 2 is 1.70 bits per heavy atom. The fourth-order valence-electron chi connectivity index (χ4n) is 4.43. The van der Waals surface area contributed by atoms with Crippen molar-refractivity contribution in [3.63, 3.8) is 0 Å². The van der Waals surface area contributed by atoms with Gasteiger partial charge in [-0.1, -0.05) is 34.1 Å². The summed E-state index contributed by atoms with van der Waals surface area (Å²) in [6.07, 6.45) is 8.37. The summed E-state index contributed by atoms with van der Waals surface area (Å²) in [7, 11) is 0. The van der Waals surface area contributed by atoms with Gasteiger partial charge < -0.3 is 4.74 Å². The maximum Gasteiger partial charge on any atom is 0.309 e. The number of hydrogen-bond donors (Lipinski definition) is 0. The van der Waals surface area contributed by atoms with Gasteiger partial charge in [-0.15, -0.1) is 0 Å². The zero-order valence-corrected chi connectivity index (χ0v) is 13.7. The van der Waals surface area contributed by atoms with E-state index in [1.807, 2.05) is 0 Å². The van der Waals surface area contributed by atoms with Crippen LogP contribution in [-0.2, 0) is 9.53 Å². The standard InChI is InChI=1S/C18H32O2/c1-5-6-17(12(2)3)20-18(19)16-10-14-7-13(4)8-15(9-14)11-16/h12-17H,5-11H2,1-4H3. The van der Waals surface area contributed by atoms with Crippen molar-refractivity contribution >= 4 is 5.97 Å². The topological polar surface area (TPSA) is 26.3 Å². The first-order chi connectivity index (χ1) is 9.49. The molecule has 2 heteroatoms. The van der Waals surface area contributed by atoms with Crippen LogP contribution < -0.4 is 0 Å². The van der Waals surface area contributed by atoms with Gasteiger partial charge in [0.1, 0.15) is 6.10 Å². The van der Waals surface area contributed by atoms with Crippen molar-refractivity contribution in [1.29, 1.82) is 0 Å². The number of rotatable bonds is 5. The Kier molecular flexibility index (Phi) is 5.51. The molecule has 0 heterocycles. The summed E-state index contributed by atoms with van der Waals surface area (Å²) in [5.74, 6) is 3.13. The number of carbonyl (C=O) groups excluding carboxylic acids is 1. The lowest BCUT2D eigenvalue weighted by Crippen LogP contribution is -2.36. The Morgan fingerprint density at radius 3 is 2.20 bits per heavy atom. The van der Waals surface area contributed by atoms with E-state index >= 15 is 0 Å². The fraction of sp³-hybridized carbons (Fsp3) is 0.944. The summed E-state index contributed by atoms with van der Waals surface area (Å²) >= 11 is 0. The highest BCUT2D eigenvalue weighted by Crippen LogP contribution is 2.45. The molecule has 2 saturated carbocycles. The molecule has 0 radical (unpaired) electrons. The summed E-state index contributed by atoms with van der Waals surface area (Å²) < 4.78 is 5.84. The maximum absolute atomic E-state index is 12.5. The van der Waals surface area contributed by atoms with Crippen LogP contribution in [0.15, 0.2) is 0 Å². The fourth-order valence-corrected chi connectivity index (χ4v) is 4.43. The number of hydrogen-bond acceptors (Lipinski definition) is 2. The molecule has 0 aromatic carbocycles. The third-order valence-corrected chi connectivity index (χ3v) is 5.29. The quantitative estimate of drug-likeness (QED) is 0.675. The van der Waals surface area contributed by atoms with Crippen molar-refractivity contribution in [2.75, 3.05) is 0 Å². The third-order valence-electron chi connectivity index (χ3n) is 5.29. The molecule has 2 bridgehead atoms. The van der Waals surface area contributed by atoms with Crippen LogP contribution >= 0.6 is 0 Å². The van der Waals surface area contributed by atoms with Gasteiger partial charge in [0.2, 0.25) is 0 Å². The molecule has 2 aliphatic rings. The van der Waals surface area contributed by atoms with E-state index in [1.165, 1.54) is 19.3 Å². The SMILES string of the molecule is CCCC(OC(=O)C1CC2CC(C)CC(C2)C1)C(C)C. The second kappa shape index (κ2) is 6.95. The molecule has 0 aliphatic heterocycles. The van der Waals surface area contributed by atoms with E-state index < -0.39 is 0 Å². The molecule has 0 N–H and O–H groups in total. The summed E-state index contributed by atoms with van der Waals surface area (Å²) in [5.41, 5.74) is 0. The monoisotopic (exact) mass is 280 g/mol. The smallest absolute Gasteiger partial charge is 0.309 e.